The number of nitrogen functional groups attached to an aromatic ring is 1. The summed E-state index contributed by atoms with van der Waals surface area (Å²) in [7, 11) is -1.17. The van der Waals surface area contributed by atoms with Crippen molar-refractivity contribution in [3.05, 3.63) is 53.9 Å². The van der Waals surface area contributed by atoms with Gasteiger partial charge in [-0.15, -0.1) is 0 Å². The molecular formula is C26H31N7O2Si. The summed E-state index contributed by atoms with van der Waals surface area (Å²) in [5.41, 5.74) is 13.2. The second kappa shape index (κ2) is 9.36. The second-order valence-corrected chi connectivity index (χ2v) is 15.9. The number of nitrogens with zero attached hydrogens (tertiary/aromatic N) is 5. The van der Waals surface area contributed by atoms with E-state index in [1.807, 2.05) is 37.3 Å². The molecule has 0 radical (unpaired) electrons. The minimum absolute atomic E-state index is 0.313. The van der Waals surface area contributed by atoms with Crippen LogP contribution < -0.4 is 11.1 Å². The molecule has 2 aromatic carbocycles. The summed E-state index contributed by atoms with van der Waals surface area (Å²) in [6.07, 6.45) is 1.46. The second-order valence-electron chi connectivity index (χ2n) is 10.3. The first-order valence-corrected chi connectivity index (χ1v) is 15.7. The van der Waals surface area contributed by atoms with Crippen LogP contribution in [-0.2, 0) is 11.5 Å². The Labute approximate surface area is 210 Å². The molecule has 0 fully saturated rings. The lowest BCUT2D eigenvalue weighted by atomic mass is 10.1. The first kappa shape index (κ1) is 24.0. The number of hydrogen-bond acceptors (Lipinski definition) is 8. The van der Waals surface area contributed by atoms with E-state index in [0.717, 1.165) is 50.6 Å². The van der Waals surface area contributed by atoms with E-state index in [1.54, 1.807) is 4.68 Å². The van der Waals surface area contributed by atoms with Gasteiger partial charge in [-0.3, -0.25) is 0 Å². The normalized spacial score (nSPS) is 12.0. The monoisotopic (exact) mass is 501 g/mol. The maximum atomic E-state index is 6.24. The fraction of sp³-hybridized carbons (Fsp3) is 0.308. The van der Waals surface area contributed by atoms with E-state index in [9.17, 15) is 0 Å². The fourth-order valence-corrected chi connectivity index (χ4v) is 4.87. The molecule has 10 heteroatoms. The van der Waals surface area contributed by atoms with E-state index < -0.39 is 8.07 Å². The minimum atomic E-state index is -1.17. The third-order valence-electron chi connectivity index (χ3n) is 6.00. The van der Waals surface area contributed by atoms with Crippen molar-refractivity contribution in [1.29, 1.82) is 0 Å². The molecule has 3 aromatic heterocycles. The zero-order chi connectivity index (χ0) is 25.4. The molecule has 0 saturated carbocycles. The van der Waals surface area contributed by atoms with Crippen molar-refractivity contribution in [3.8, 4) is 11.3 Å². The van der Waals surface area contributed by atoms with Crippen LogP contribution in [0.1, 0.15) is 11.1 Å². The van der Waals surface area contributed by atoms with E-state index in [0.29, 0.717) is 30.8 Å². The average Bonchev–Trinajstić information content (AvgIpc) is 3.39. The van der Waals surface area contributed by atoms with Crippen LogP contribution in [0, 0.1) is 13.8 Å². The molecule has 0 unspecified atom stereocenters. The van der Waals surface area contributed by atoms with Crippen LogP contribution in [0.2, 0.25) is 25.7 Å². The number of rotatable bonds is 8. The summed E-state index contributed by atoms with van der Waals surface area (Å²) in [4.78, 5) is 13.2. The highest BCUT2D eigenvalue weighted by atomic mass is 28.3. The number of nitrogens with one attached hydrogen (secondary N) is 1. The number of nitrogens with two attached hydrogens (primary N) is 1. The Morgan fingerprint density at radius 1 is 1.08 bits per heavy atom. The molecule has 3 N–H and O–H groups in total. The Balaban J connectivity index is 1.39. The minimum Gasteiger partial charge on any atom is -0.423 e. The largest absolute Gasteiger partial charge is 0.423 e. The van der Waals surface area contributed by atoms with E-state index in [4.69, 9.17) is 20.0 Å². The van der Waals surface area contributed by atoms with Gasteiger partial charge >= 0.3 is 0 Å². The number of aryl methyl sites for hydroxylation is 2. The van der Waals surface area contributed by atoms with Gasteiger partial charge in [-0.05, 0) is 49.2 Å². The molecule has 0 spiro atoms. The Morgan fingerprint density at radius 2 is 1.86 bits per heavy atom. The average molecular weight is 502 g/mol. The number of hydrogen-bond donors (Lipinski definition) is 2. The molecular weight excluding hydrogens is 470 g/mol. The van der Waals surface area contributed by atoms with Gasteiger partial charge in [-0.2, -0.15) is 10.1 Å². The third-order valence-corrected chi connectivity index (χ3v) is 7.70. The fourth-order valence-electron chi connectivity index (χ4n) is 4.12. The molecule has 0 atom stereocenters. The number of aromatic nitrogens is 5. The molecule has 0 bridgehead atoms. The lowest BCUT2D eigenvalue weighted by Crippen LogP contribution is -2.22. The van der Waals surface area contributed by atoms with Crippen molar-refractivity contribution < 1.29 is 9.15 Å². The van der Waals surface area contributed by atoms with Crippen molar-refractivity contribution >= 4 is 47.7 Å². The van der Waals surface area contributed by atoms with Crippen LogP contribution in [-0.4, -0.2) is 39.4 Å². The Morgan fingerprint density at radius 3 is 2.61 bits per heavy atom. The number of ether oxygens (including phenoxy) is 1. The molecule has 36 heavy (non-hydrogen) atoms. The molecule has 0 aliphatic carbocycles. The molecule has 0 saturated heterocycles. The maximum Gasteiger partial charge on any atom is 0.300 e. The molecule has 0 aliphatic heterocycles. The molecule has 5 rings (SSSR count). The van der Waals surface area contributed by atoms with Crippen molar-refractivity contribution in [2.75, 3.05) is 17.7 Å². The van der Waals surface area contributed by atoms with Gasteiger partial charge in [-0.1, -0.05) is 37.8 Å². The summed E-state index contributed by atoms with van der Waals surface area (Å²) in [5, 5.41) is 8.75. The number of fused-ring (bicyclic) bond motifs is 2. The summed E-state index contributed by atoms with van der Waals surface area (Å²) < 4.78 is 13.6. The van der Waals surface area contributed by atoms with Gasteiger partial charge in [0.1, 0.15) is 30.1 Å². The predicted molar refractivity (Wildman–Crippen MR) is 146 cm³/mol. The van der Waals surface area contributed by atoms with Crippen molar-refractivity contribution in [2.45, 2.75) is 46.3 Å². The van der Waals surface area contributed by atoms with Gasteiger partial charge < -0.3 is 20.2 Å². The van der Waals surface area contributed by atoms with Gasteiger partial charge in [0.15, 0.2) is 11.2 Å². The highest BCUT2D eigenvalue weighted by molar-refractivity contribution is 6.76. The van der Waals surface area contributed by atoms with Crippen LogP contribution in [0.3, 0.4) is 0 Å². The van der Waals surface area contributed by atoms with Crippen molar-refractivity contribution in [2.24, 2.45) is 0 Å². The first-order chi connectivity index (χ1) is 17.2. The van der Waals surface area contributed by atoms with Crippen LogP contribution in [0.25, 0.3) is 33.4 Å². The van der Waals surface area contributed by atoms with Crippen LogP contribution in [0.4, 0.5) is 17.5 Å². The highest BCUT2D eigenvalue weighted by Gasteiger charge is 2.18. The molecule has 5 aromatic rings. The van der Waals surface area contributed by atoms with Crippen LogP contribution in [0.15, 0.2) is 47.1 Å². The summed E-state index contributed by atoms with van der Waals surface area (Å²) in [6, 6.07) is 13.5. The summed E-state index contributed by atoms with van der Waals surface area (Å²) in [6.45, 7) is 12.1. The predicted octanol–water partition coefficient (Wildman–Crippen LogP) is 5.89. The van der Waals surface area contributed by atoms with Gasteiger partial charge in [0, 0.05) is 25.9 Å². The lowest BCUT2D eigenvalue weighted by molar-refractivity contribution is 0.0814. The Bertz CT molecular complexity index is 1530. The van der Waals surface area contributed by atoms with Crippen LogP contribution in [0.5, 0.6) is 0 Å². The molecule has 186 valence electrons. The molecule has 3 heterocycles. The van der Waals surface area contributed by atoms with Crippen molar-refractivity contribution in [3.63, 3.8) is 0 Å². The quantitative estimate of drug-likeness (QED) is 0.200. The van der Waals surface area contributed by atoms with Gasteiger partial charge in [-0.25, -0.2) is 14.6 Å². The standard InChI is InChI=1S/C26H31N7O2Si/c1-16-12-17(2)23-20(13-16)31-26(35-23)30-19-8-6-18(7-9-19)22-21-24(27)28-14-29-25(21)33(32-22)15-34-10-11-36(3,4)5/h6-9,12-14H,10-11,15H2,1-5H3,(H,30,31)(H2,27,28,29). The molecule has 0 amide bonds. The van der Waals surface area contributed by atoms with E-state index >= 15 is 0 Å². The highest BCUT2D eigenvalue weighted by Crippen LogP contribution is 2.32. The van der Waals surface area contributed by atoms with Gasteiger partial charge in [0.2, 0.25) is 0 Å². The lowest BCUT2D eigenvalue weighted by Gasteiger charge is -2.15. The topological polar surface area (TPSA) is 117 Å². The van der Waals surface area contributed by atoms with E-state index in [1.165, 1.54) is 6.33 Å². The van der Waals surface area contributed by atoms with Gasteiger partial charge in [0.05, 0.1) is 5.39 Å². The first-order valence-electron chi connectivity index (χ1n) is 12.0. The number of benzene rings is 2. The zero-order valence-corrected chi connectivity index (χ0v) is 22.3. The number of anilines is 3. The molecule has 0 aliphatic rings. The maximum absolute atomic E-state index is 6.24. The summed E-state index contributed by atoms with van der Waals surface area (Å²) in [5.74, 6) is 0.391. The van der Waals surface area contributed by atoms with Gasteiger partial charge in [0.25, 0.3) is 6.01 Å². The van der Waals surface area contributed by atoms with Crippen LogP contribution >= 0.6 is 0 Å². The van der Waals surface area contributed by atoms with Crippen molar-refractivity contribution in [1.82, 2.24) is 24.7 Å². The summed E-state index contributed by atoms with van der Waals surface area (Å²) >= 11 is 0. The van der Waals surface area contributed by atoms with E-state index in [2.05, 4.69) is 52.9 Å². The van der Waals surface area contributed by atoms with E-state index in [-0.39, 0.29) is 0 Å². The number of oxazole rings is 1. The smallest absolute Gasteiger partial charge is 0.300 e. The Hall–Kier alpha value is -3.76. The Kier molecular flexibility index (Phi) is 6.23. The SMILES string of the molecule is Cc1cc(C)c2oc(Nc3ccc(-c4nn(COCC[Si](C)(C)C)c5ncnc(N)c45)cc3)nc2c1. The zero-order valence-electron chi connectivity index (χ0n) is 21.3. The third kappa shape index (κ3) is 4.95. The molecule has 9 nitrogen and oxygen atoms in total.